The van der Waals surface area contributed by atoms with Gasteiger partial charge in [-0.1, -0.05) is 0 Å². The molecule has 0 aromatic carbocycles. The van der Waals surface area contributed by atoms with Crippen LogP contribution < -0.4 is 22.5 Å². The molecular formula is C12H18N6O8SZn2-2. The van der Waals surface area contributed by atoms with Crippen molar-refractivity contribution in [2.24, 2.45) is 11.7 Å². The third-order valence-corrected chi connectivity index (χ3v) is 2.15. The predicted octanol–water partition coefficient (Wildman–Crippen LogP) is -3.62. The van der Waals surface area contributed by atoms with Crippen molar-refractivity contribution in [3.63, 3.8) is 0 Å². The molecule has 2 amide bonds. The molecule has 2 aromatic heterocycles. The quantitative estimate of drug-likeness (QED) is 0.0728. The second-order valence-corrected chi connectivity index (χ2v) is 4.64. The average Bonchev–Trinajstić information content (AvgIpc) is 2.61. The topological polar surface area (TPSA) is 279 Å². The van der Waals surface area contributed by atoms with Gasteiger partial charge in [-0.2, -0.15) is 0 Å². The molecule has 0 fully saturated rings. The molecule has 0 bridgehead atoms. The van der Waals surface area contributed by atoms with Crippen LogP contribution in [0.25, 0.3) is 0 Å². The number of nitrogens with zero attached hydrogens (tertiary/aromatic N) is 2. The number of aromatic nitrogens is 2. The van der Waals surface area contributed by atoms with Crippen LogP contribution in [0.5, 0.6) is 0 Å². The first kappa shape index (κ1) is 37.9. The summed E-state index contributed by atoms with van der Waals surface area (Å²) < 4.78 is 34.1. The number of nitrogens with one attached hydrogen (secondary N) is 2. The molecule has 2 rings (SSSR count). The SMILES string of the molecule is NNC(=O)c1ccncc1.NNC(=O)c1ccncc1.O.O.O=S(=O)([O-])[O-].[Zn].[Zn]. The van der Waals surface area contributed by atoms with Gasteiger partial charge in [-0.15, -0.1) is 0 Å². The Morgan fingerprint density at radius 3 is 1.14 bits per heavy atom. The van der Waals surface area contributed by atoms with E-state index in [1.54, 1.807) is 24.3 Å². The van der Waals surface area contributed by atoms with Crippen molar-refractivity contribution in [2.45, 2.75) is 0 Å². The Morgan fingerprint density at radius 2 is 0.966 bits per heavy atom. The summed E-state index contributed by atoms with van der Waals surface area (Å²) in [6.45, 7) is 0. The number of hydrogen-bond acceptors (Lipinski definition) is 10. The van der Waals surface area contributed by atoms with Crippen LogP contribution >= 0.6 is 0 Å². The van der Waals surface area contributed by atoms with Crippen LogP contribution in [0.1, 0.15) is 20.7 Å². The Bertz CT molecular complexity index is 711. The molecular weight excluding hydrogens is 519 g/mol. The van der Waals surface area contributed by atoms with E-state index in [1.807, 2.05) is 10.9 Å². The van der Waals surface area contributed by atoms with Crippen molar-refractivity contribution in [2.75, 3.05) is 0 Å². The second-order valence-electron chi connectivity index (χ2n) is 3.83. The molecule has 0 atom stereocenters. The average molecular weight is 537 g/mol. The van der Waals surface area contributed by atoms with Crippen molar-refractivity contribution in [1.29, 1.82) is 0 Å². The van der Waals surface area contributed by atoms with E-state index in [4.69, 9.17) is 29.2 Å². The maximum Gasteiger partial charge on any atom is 0.265 e. The summed E-state index contributed by atoms with van der Waals surface area (Å²) in [6.07, 6.45) is 6.13. The summed E-state index contributed by atoms with van der Waals surface area (Å²) in [4.78, 5) is 29.0. The first-order valence-corrected chi connectivity index (χ1v) is 7.51. The molecule has 29 heavy (non-hydrogen) atoms. The molecule has 10 N–H and O–H groups in total. The van der Waals surface area contributed by atoms with Crippen molar-refractivity contribution in [3.8, 4) is 0 Å². The first-order valence-electron chi connectivity index (χ1n) is 6.17. The van der Waals surface area contributed by atoms with E-state index >= 15 is 0 Å². The number of hydrogen-bond donors (Lipinski definition) is 4. The summed E-state index contributed by atoms with van der Waals surface area (Å²) in [5.41, 5.74) is 5.05. The predicted molar refractivity (Wildman–Crippen MR) is 89.5 cm³/mol. The molecule has 2 heterocycles. The zero-order chi connectivity index (χ0) is 19.3. The van der Waals surface area contributed by atoms with Crippen molar-refractivity contribution in [3.05, 3.63) is 60.2 Å². The Labute approximate surface area is 191 Å². The normalized spacial score (nSPS) is 8.14. The zero-order valence-electron chi connectivity index (χ0n) is 14.9. The summed E-state index contributed by atoms with van der Waals surface area (Å²) in [6, 6.07) is 6.34. The van der Waals surface area contributed by atoms with Crippen molar-refractivity contribution >= 4 is 22.2 Å². The monoisotopic (exact) mass is 534 g/mol. The minimum absolute atomic E-state index is 0. The van der Waals surface area contributed by atoms with Crippen LogP contribution in [-0.4, -0.2) is 50.3 Å². The Morgan fingerprint density at radius 1 is 0.759 bits per heavy atom. The Balaban J connectivity index is -0.0000000975. The largest absolute Gasteiger partial charge is 0.759 e. The van der Waals surface area contributed by atoms with Crippen molar-refractivity contribution < 1.29 is 77.0 Å². The van der Waals surface area contributed by atoms with E-state index in [9.17, 15) is 9.59 Å². The van der Waals surface area contributed by atoms with Gasteiger partial charge in [0.2, 0.25) is 0 Å². The molecule has 0 saturated carbocycles. The summed E-state index contributed by atoms with van der Waals surface area (Å²) >= 11 is 0. The van der Waals surface area contributed by atoms with Gasteiger partial charge in [0.1, 0.15) is 0 Å². The number of carbonyl (C=O) groups is 2. The van der Waals surface area contributed by atoms with Gasteiger partial charge in [0.25, 0.3) is 11.8 Å². The number of hydrazine groups is 2. The van der Waals surface area contributed by atoms with E-state index in [0.717, 1.165) is 0 Å². The Kier molecular flexibility index (Phi) is 27.3. The maximum atomic E-state index is 10.7. The summed E-state index contributed by atoms with van der Waals surface area (Å²) in [5.74, 6) is 9.16. The van der Waals surface area contributed by atoms with Crippen LogP contribution in [0, 0.1) is 0 Å². The van der Waals surface area contributed by atoms with Gasteiger partial charge in [-0.25, -0.2) is 11.7 Å². The molecule has 14 nitrogen and oxygen atoms in total. The molecule has 0 spiro atoms. The second kappa shape index (κ2) is 20.9. The van der Waals surface area contributed by atoms with Crippen LogP contribution in [0.15, 0.2) is 49.1 Å². The molecule has 0 aliphatic carbocycles. The number of rotatable bonds is 2. The third kappa shape index (κ3) is 22.3. The molecule has 0 aliphatic rings. The van der Waals surface area contributed by atoms with E-state index in [2.05, 4.69) is 9.97 Å². The maximum absolute atomic E-state index is 10.7. The van der Waals surface area contributed by atoms with Crippen LogP contribution in [0.4, 0.5) is 0 Å². The van der Waals surface area contributed by atoms with Gasteiger partial charge in [-0.05, 0) is 24.3 Å². The van der Waals surface area contributed by atoms with E-state index in [1.165, 1.54) is 24.8 Å². The van der Waals surface area contributed by atoms with Gasteiger partial charge in [-0.3, -0.25) is 38.8 Å². The van der Waals surface area contributed by atoms with Crippen LogP contribution in [0.3, 0.4) is 0 Å². The molecule has 0 unspecified atom stereocenters. The zero-order valence-corrected chi connectivity index (χ0v) is 21.7. The van der Waals surface area contributed by atoms with E-state index < -0.39 is 10.4 Å². The van der Waals surface area contributed by atoms with Crippen LogP contribution in [0.2, 0.25) is 0 Å². The van der Waals surface area contributed by atoms with Gasteiger partial charge in [0.15, 0.2) is 0 Å². The Hall–Kier alpha value is -1.80. The smallest absolute Gasteiger partial charge is 0.265 e. The fourth-order valence-electron chi connectivity index (χ4n) is 1.17. The van der Waals surface area contributed by atoms with Crippen molar-refractivity contribution in [1.82, 2.24) is 20.8 Å². The van der Waals surface area contributed by atoms with E-state index in [0.29, 0.717) is 11.1 Å². The molecule has 0 saturated heterocycles. The minimum atomic E-state index is -5.17. The standard InChI is InChI=1S/2C6H7N3O.H2O4S.2H2O.2Zn/c2*7-9-6(10)5-1-3-8-4-2-5;1-5(2,3)4;;;;/h2*1-4H,7H2,(H,9,10);(H2,1,2,3,4);2*1H2;;/p-2. The molecule has 0 radical (unpaired) electrons. The van der Waals surface area contributed by atoms with E-state index in [-0.39, 0.29) is 61.7 Å². The summed E-state index contributed by atoms with van der Waals surface area (Å²) in [7, 11) is -5.17. The van der Waals surface area contributed by atoms with Gasteiger partial charge in [0, 0.05) is 85.3 Å². The minimum Gasteiger partial charge on any atom is -0.759 e. The van der Waals surface area contributed by atoms with Gasteiger partial charge < -0.3 is 20.1 Å². The molecule has 2 aromatic rings. The van der Waals surface area contributed by atoms with Crippen LogP contribution in [-0.2, 0) is 49.4 Å². The summed E-state index contributed by atoms with van der Waals surface area (Å²) in [5, 5.41) is 0. The molecule has 17 heteroatoms. The number of nitrogen functional groups attached to an aromatic ring is 2. The number of nitrogens with two attached hydrogens (primary N) is 2. The third-order valence-electron chi connectivity index (χ3n) is 2.15. The first-order chi connectivity index (χ1) is 11.7. The number of pyridine rings is 2. The molecule has 156 valence electrons. The van der Waals surface area contributed by atoms with Gasteiger partial charge >= 0.3 is 0 Å². The fraction of sp³-hybridized carbons (Fsp3) is 0. The number of amides is 2. The molecule has 0 aliphatic heterocycles. The number of carbonyl (C=O) groups excluding carboxylic acids is 2. The fourth-order valence-corrected chi connectivity index (χ4v) is 1.17. The van der Waals surface area contributed by atoms with Gasteiger partial charge in [0.05, 0.1) is 0 Å².